The molecule has 3 atom stereocenters. The zero-order valence-corrected chi connectivity index (χ0v) is 11.5. The summed E-state index contributed by atoms with van der Waals surface area (Å²) in [6, 6.07) is 0.663. The van der Waals surface area contributed by atoms with E-state index in [4.69, 9.17) is 0 Å². The van der Waals surface area contributed by atoms with E-state index in [2.05, 4.69) is 15.5 Å². The maximum Gasteiger partial charge on any atom is 0.234 e. The van der Waals surface area contributed by atoms with Crippen molar-refractivity contribution in [3.8, 4) is 0 Å². The van der Waals surface area contributed by atoms with Crippen molar-refractivity contribution >= 4 is 30.7 Å². The lowest BCUT2D eigenvalue weighted by Gasteiger charge is -2.34. The quantitative estimate of drug-likeness (QED) is 0.725. The maximum absolute atomic E-state index is 11.4. The molecule has 1 aliphatic carbocycles. The van der Waals surface area contributed by atoms with E-state index in [1.54, 1.807) is 0 Å². The molecule has 0 aromatic rings. The van der Waals surface area contributed by atoms with E-state index in [-0.39, 0.29) is 30.7 Å². The Kier molecular flexibility index (Phi) is 5.51. The maximum atomic E-state index is 11.4. The molecule has 3 unspecified atom stereocenters. The molecule has 0 spiro atoms. The van der Waals surface area contributed by atoms with Gasteiger partial charge in [-0.2, -0.15) is 0 Å². The van der Waals surface area contributed by atoms with Crippen LogP contribution in [0.3, 0.4) is 0 Å². The number of carbonyl (C=O) groups is 1. The monoisotopic (exact) mass is 281 g/mol. The number of fused-ring (bicyclic) bond motifs is 1. The Morgan fingerprint density at radius 2 is 2.00 bits per heavy atom. The van der Waals surface area contributed by atoms with Crippen molar-refractivity contribution in [1.82, 2.24) is 15.5 Å². The summed E-state index contributed by atoms with van der Waals surface area (Å²) in [7, 11) is 0. The Balaban J connectivity index is 0.000000722. The summed E-state index contributed by atoms with van der Waals surface area (Å²) in [5.41, 5.74) is 0. The topological polar surface area (TPSA) is 44.4 Å². The van der Waals surface area contributed by atoms with Crippen LogP contribution in [0, 0.1) is 11.8 Å². The van der Waals surface area contributed by atoms with Gasteiger partial charge in [0.25, 0.3) is 0 Å². The number of carbonyl (C=O) groups excluding carboxylic acids is 1. The summed E-state index contributed by atoms with van der Waals surface area (Å²) in [4.78, 5) is 13.8. The summed E-state index contributed by atoms with van der Waals surface area (Å²) < 4.78 is 0. The van der Waals surface area contributed by atoms with Crippen molar-refractivity contribution < 1.29 is 4.79 Å². The predicted molar refractivity (Wildman–Crippen MR) is 72.0 cm³/mol. The largest absolute Gasteiger partial charge is 0.354 e. The lowest BCUT2D eigenvalue weighted by atomic mass is 9.96. The van der Waals surface area contributed by atoms with Crippen molar-refractivity contribution in [2.75, 3.05) is 32.7 Å². The zero-order chi connectivity index (χ0) is 10.3. The Labute approximate surface area is 115 Å². The number of halogens is 2. The molecule has 100 valence electrons. The fourth-order valence-corrected chi connectivity index (χ4v) is 3.51. The van der Waals surface area contributed by atoms with E-state index in [9.17, 15) is 4.79 Å². The van der Waals surface area contributed by atoms with Gasteiger partial charge in [0.05, 0.1) is 6.54 Å². The van der Waals surface area contributed by atoms with Crippen LogP contribution in [0.15, 0.2) is 0 Å². The van der Waals surface area contributed by atoms with Crippen LogP contribution >= 0.6 is 24.8 Å². The molecule has 6 heteroatoms. The van der Waals surface area contributed by atoms with Crippen molar-refractivity contribution in [1.29, 1.82) is 0 Å². The van der Waals surface area contributed by atoms with E-state index >= 15 is 0 Å². The smallest absolute Gasteiger partial charge is 0.234 e. The predicted octanol–water partition coefficient (Wildman–Crippen LogP) is 0.260. The highest BCUT2D eigenvalue weighted by Gasteiger charge is 2.42. The highest BCUT2D eigenvalue weighted by Crippen LogP contribution is 2.37. The fourth-order valence-electron chi connectivity index (χ4n) is 3.51. The number of nitrogens with one attached hydrogen (secondary N) is 2. The number of amides is 1. The van der Waals surface area contributed by atoms with E-state index < -0.39 is 0 Å². The molecule has 4 nitrogen and oxygen atoms in total. The van der Waals surface area contributed by atoms with Crippen molar-refractivity contribution in [2.45, 2.75) is 18.9 Å². The van der Waals surface area contributed by atoms with Crippen LogP contribution in [0.5, 0.6) is 0 Å². The highest BCUT2D eigenvalue weighted by atomic mass is 35.5. The molecule has 0 aromatic heterocycles. The number of piperazine rings is 1. The molecule has 2 saturated heterocycles. The van der Waals surface area contributed by atoms with Gasteiger partial charge in [-0.3, -0.25) is 9.69 Å². The first kappa shape index (κ1) is 15.0. The normalized spacial score (nSPS) is 36.7. The lowest BCUT2D eigenvalue weighted by Crippen LogP contribution is -2.53. The summed E-state index contributed by atoms with van der Waals surface area (Å²) >= 11 is 0. The molecule has 3 fully saturated rings. The molecule has 1 amide bonds. The molecule has 0 radical (unpaired) electrons. The Morgan fingerprint density at radius 3 is 2.76 bits per heavy atom. The molecule has 0 aromatic carbocycles. The number of rotatable bonds is 1. The first-order valence-electron chi connectivity index (χ1n) is 6.06. The van der Waals surface area contributed by atoms with Gasteiger partial charge in [-0.1, -0.05) is 0 Å². The van der Waals surface area contributed by atoms with Crippen LogP contribution in [0.1, 0.15) is 12.8 Å². The fraction of sp³-hybridized carbons (Fsp3) is 0.909. The Morgan fingerprint density at radius 1 is 1.18 bits per heavy atom. The van der Waals surface area contributed by atoms with Gasteiger partial charge in [0, 0.05) is 19.1 Å². The molecule has 3 rings (SSSR count). The third-order valence-electron chi connectivity index (χ3n) is 4.26. The molecule has 17 heavy (non-hydrogen) atoms. The zero-order valence-electron chi connectivity index (χ0n) is 9.85. The molecule has 2 aliphatic heterocycles. The molecule has 1 saturated carbocycles. The lowest BCUT2D eigenvalue weighted by molar-refractivity contribution is -0.125. The van der Waals surface area contributed by atoms with E-state index in [0.717, 1.165) is 31.5 Å². The summed E-state index contributed by atoms with van der Waals surface area (Å²) in [6.45, 7) is 4.85. The minimum atomic E-state index is 0. The second-order valence-electron chi connectivity index (χ2n) is 5.05. The van der Waals surface area contributed by atoms with Gasteiger partial charge in [0.15, 0.2) is 0 Å². The molecule has 2 N–H and O–H groups in total. The van der Waals surface area contributed by atoms with Gasteiger partial charge < -0.3 is 10.6 Å². The first-order chi connectivity index (χ1) is 7.34. The SMILES string of the molecule is Cl.Cl.O=C1CN(C2CCC3CNCC32)CCN1. The Hall–Kier alpha value is -0.0300. The van der Waals surface area contributed by atoms with Crippen LogP contribution < -0.4 is 10.6 Å². The second kappa shape index (κ2) is 6.23. The summed E-state index contributed by atoms with van der Waals surface area (Å²) in [5, 5.41) is 6.38. The van der Waals surface area contributed by atoms with Gasteiger partial charge in [-0.05, 0) is 37.8 Å². The second-order valence-corrected chi connectivity index (χ2v) is 5.05. The van der Waals surface area contributed by atoms with Gasteiger partial charge in [-0.25, -0.2) is 0 Å². The average Bonchev–Trinajstić information content (AvgIpc) is 2.77. The number of hydrogen-bond acceptors (Lipinski definition) is 3. The van der Waals surface area contributed by atoms with Gasteiger partial charge in [-0.15, -0.1) is 24.8 Å². The molecular weight excluding hydrogens is 261 g/mol. The molecular formula is C11H21Cl2N3O. The van der Waals surface area contributed by atoms with Crippen LogP contribution in [-0.2, 0) is 4.79 Å². The van der Waals surface area contributed by atoms with Crippen LogP contribution in [0.2, 0.25) is 0 Å². The number of nitrogens with zero attached hydrogens (tertiary/aromatic N) is 1. The number of hydrogen-bond donors (Lipinski definition) is 2. The van der Waals surface area contributed by atoms with Crippen molar-refractivity contribution in [3.63, 3.8) is 0 Å². The van der Waals surface area contributed by atoms with Gasteiger partial charge in [0.2, 0.25) is 5.91 Å². The van der Waals surface area contributed by atoms with Crippen molar-refractivity contribution in [2.24, 2.45) is 11.8 Å². The van der Waals surface area contributed by atoms with Crippen LogP contribution in [0.4, 0.5) is 0 Å². The van der Waals surface area contributed by atoms with Gasteiger partial charge in [0.1, 0.15) is 0 Å². The summed E-state index contributed by atoms with van der Waals surface area (Å²) in [5.74, 6) is 1.88. The van der Waals surface area contributed by atoms with E-state index in [0.29, 0.717) is 12.6 Å². The molecule has 3 aliphatic rings. The minimum absolute atomic E-state index is 0. The molecule has 0 bridgehead atoms. The summed E-state index contributed by atoms with van der Waals surface area (Å²) in [6.07, 6.45) is 2.64. The van der Waals surface area contributed by atoms with Crippen LogP contribution in [0.25, 0.3) is 0 Å². The minimum Gasteiger partial charge on any atom is -0.354 e. The van der Waals surface area contributed by atoms with Crippen molar-refractivity contribution in [3.05, 3.63) is 0 Å². The first-order valence-corrected chi connectivity index (χ1v) is 6.06. The van der Waals surface area contributed by atoms with E-state index in [1.807, 2.05) is 0 Å². The van der Waals surface area contributed by atoms with Gasteiger partial charge >= 0.3 is 0 Å². The molecule has 2 heterocycles. The third-order valence-corrected chi connectivity index (χ3v) is 4.26. The Bertz CT molecular complexity index is 277. The van der Waals surface area contributed by atoms with Crippen LogP contribution in [-0.4, -0.2) is 49.6 Å². The van der Waals surface area contributed by atoms with E-state index in [1.165, 1.54) is 19.4 Å². The standard InChI is InChI=1S/C11H19N3O.2ClH/c15-11-7-14(4-3-13-11)10-2-1-8-5-12-6-9(8)10;;/h8-10,12H,1-7H2,(H,13,15);2*1H. The average molecular weight is 282 g/mol. The third kappa shape index (κ3) is 2.87. The highest BCUT2D eigenvalue weighted by molar-refractivity contribution is 5.85.